The largest absolute Gasteiger partial charge is 0.508 e. The number of carbonyl (C=O) groups excluding carboxylic acids is 1. The molecule has 1 amide bonds. The van der Waals surface area contributed by atoms with Crippen LogP contribution in [-0.2, 0) is 0 Å². The molecule has 5 heterocycles. The van der Waals surface area contributed by atoms with Gasteiger partial charge >= 0.3 is 0 Å². The number of piperidine rings is 3. The van der Waals surface area contributed by atoms with Gasteiger partial charge in [0.15, 0.2) is 0 Å². The number of benzene rings is 1. The van der Waals surface area contributed by atoms with Gasteiger partial charge in [-0.2, -0.15) is 5.10 Å². The van der Waals surface area contributed by atoms with Gasteiger partial charge in [-0.15, -0.1) is 0 Å². The zero-order chi connectivity index (χ0) is 19.4. The fraction of sp³-hybridized carbons (Fsp3) is 0.545. The number of phenolic OH excluding ortho intramolecular Hbond substituents is 1. The Morgan fingerprint density at radius 1 is 1.21 bits per heavy atom. The van der Waals surface area contributed by atoms with Crippen LogP contribution in [0, 0.1) is 5.92 Å². The van der Waals surface area contributed by atoms with Gasteiger partial charge < -0.3 is 10.0 Å². The number of fused-ring (bicyclic) bond motifs is 2. The number of carbonyl (C=O) groups is 1. The number of aromatic hydroxyl groups is 1. The van der Waals surface area contributed by atoms with Gasteiger partial charge in [0, 0.05) is 30.7 Å². The summed E-state index contributed by atoms with van der Waals surface area (Å²) in [7, 11) is 0. The lowest BCUT2D eigenvalue weighted by Crippen LogP contribution is -2.60. The molecule has 4 aliphatic heterocycles. The van der Waals surface area contributed by atoms with Crippen molar-refractivity contribution in [1.82, 2.24) is 19.6 Å². The van der Waals surface area contributed by atoms with Gasteiger partial charge in [-0.3, -0.25) is 14.4 Å². The maximum absolute atomic E-state index is 13.5. The van der Waals surface area contributed by atoms with Crippen LogP contribution in [0.15, 0.2) is 36.7 Å². The van der Waals surface area contributed by atoms with Crippen LogP contribution in [0.2, 0.25) is 0 Å². The summed E-state index contributed by atoms with van der Waals surface area (Å²) in [6.45, 7) is 7.08. The summed E-state index contributed by atoms with van der Waals surface area (Å²) >= 11 is 0. The van der Waals surface area contributed by atoms with Crippen LogP contribution in [0.5, 0.6) is 5.75 Å². The molecule has 28 heavy (non-hydrogen) atoms. The molecule has 0 radical (unpaired) electrons. The molecule has 0 aliphatic carbocycles. The van der Waals surface area contributed by atoms with E-state index in [0.29, 0.717) is 29.8 Å². The highest BCUT2D eigenvalue weighted by Gasteiger charge is 2.54. The third-order valence-electron chi connectivity index (χ3n) is 6.93. The van der Waals surface area contributed by atoms with E-state index in [4.69, 9.17) is 0 Å². The average molecular weight is 380 g/mol. The molecular weight excluding hydrogens is 352 g/mol. The lowest BCUT2D eigenvalue weighted by atomic mass is 9.75. The van der Waals surface area contributed by atoms with Crippen LogP contribution in [0.3, 0.4) is 0 Å². The zero-order valence-corrected chi connectivity index (χ0v) is 16.5. The van der Waals surface area contributed by atoms with Crippen molar-refractivity contribution in [2.24, 2.45) is 5.92 Å². The minimum absolute atomic E-state index is 0.0957. The van der Waals surface area contributed by atoms with E-state index in [2.05, 4.69) is 34.8 Å². The minimum atomic E-state index is 0.0957. The number of aromatic nitrogens is 2. The first kappa shape index (κ1) is 17.7. The molecule has 1 N–H and O–H groups in total. The Hall–Kier alpha value is -2.34. The molecule has 2 bridgehead atoms. The molecule has 0 spiro atoms. The fourth-order valence-corrected chi connectivity index (χ4v) is 5.60. The molecule has 6 nitrogen and oxygen atoms in total. The van der Waals surface area contributed by atoms with Gasteiger partial charge in [-0.25, -0.2) is 0 Å². The highest BCUT2D eigenvalue weighted by molar-refractivity contribution is 5.94. The van der Waals surface area contributed by atoms with Crippen molar-refractivity contribution >= 4 is 5.91 Å². The van der Waals surface area contributed by atoms with E-state index < -0.39 is 0 Å². The summed E-state index contributed by atoms with van der Waals surface area (Å²) in [5, 5.41) is 14.4. The van der Waals surface area contributed by atoms with E-state index in [1.54, 1.807) is 12.3 Å². The third-order valence-corrected chi connectivity index (χ3v) is 6.93. The molecule has 0 saturated carbocycles. The number of likely N-dealkylation sites (tertiary alicyclic amines) is 1. The molecule has 1 aromatic heterocycles. The molecule has 3 atom stereocenters. The third kappa shape index (κ3) is 2.73. The first-order valence-electron chi connectivity index (χ1n) is 10.4. The van der Waals surface area contributed by atoms with E-state index >= 15 is 0 Å². The summed E-state index contributed by atoms with van der Waals surface area (Å²) in [5.74, 6) is 1.21. The number of amides is 1. The van der Waals surface area contributed by atoms with Crippen LogP contribution in [-0.4, -0.2) is 62.3 Å². The average Bonchev–Trinajstić information content (AvgIpc) is 3.35. The summed E-state index contributed by atoms with van der Waals surface area (Å²) in [4.78, 5) is 18.1. The van der Waals surface area contributed by atoms with Gasteiger partial charge in [-0.05, 0) is 63.4 Å². The highest BCUT2D eigenvalue weighted by Crippen LogP contribution is 2.47. The molecular formula is C22H28N4O2. The number of phenols is 1. The van der Waals surface area contributed by atoms with Gasteiger partial charge in [-0.1, -0.05) is 12.1 Å². The maximum atomic E-state index is 13.5. The quantitative estimate of drug-likeness (QED) is 0.889. The highest BCUT2D eigenvalue weighted by atomic mass is 16.3. The van der Waals surface area contributed by atoms with Crippen molar-refractivity contribution < 1.29 is 9.90 Å². The topological polar surface area (TPSA) is 61.6 Å². The maximum Gasteiger partial charge on any atom is 0.257 e. The van der Waals surface area contributed by atoms with Crippen LogP contribution in [0.4, 0.5) is 0 Å². The van der Waals surface area contributed by atoms with Gasteiger partial charge in [0.1, 0.15) is 5.75 Å². The molecule has 6 heteroatoms. The molecule has 4 fully saturated rings. The molecule has 2 aromatic rings. The smallest absolute Gasteiger partial charge is 0.257 e. The Bertz CT molecular complexity index is 884. The standard InChI is InChI=1S/C22H28N4O2/c1-14(2)26-12-17(11-23-26)22(28)25-13-19(16-4-3-5-18(27)10-16)21-20(25)15-6-8-24(21)9-7-15/h3-5,10-12,14-15,19-21,27H,6-9,13H2,1-2H3/t19-,20+,21+/m0/s1. The zero-order valence-electron chi connectivity index (χ0n) is 16.5. The van der Waals surface area contributed by atoms with E-state index in [1.807, 2.05) is 23.0 Å². The second-order valence-electron chi connectivity index (χ2n) is 8.82. The second-order valence-corrected chi connectivity index (χ2v) is 8.82. The van der Waals surface area contributed by atoms with Gasteiger partial charge in [0.05, 0.1) is 17.8 Å². The second kappa shape index (κ2) is 6.62. The number of nitrogens with zero attached hydrogens (tertiary/aromatic N) is 4. The summed E-state index contributed by atoms with van der Waals surface area (Å²) in [6, 6.07) is 8.43. The van der Waals surface area contributed by atoms with E-state index in [-0.39, 0.29) is 23.9 Å². The first-order valence-corrected chi connectivity index (χ1v) is 10.4. The Balaban J connectivity index is 1.50. The van der Waals surface area contributed by atoms with Crippen LogP contribution in [0.25, 0.3) is 0 Å². The predicted molar refractivity (Wildman–Crippen MR) is 106 cm³/mol. The number of hydrogen-bond acceptors (Lipinski definition) is 4. The van der Waals surface area contributed by atoms with E-state index in [0.717, 1.165) is 18.7 Å². The SMILES string of the molecule is CC(C)n1cc(C(=O)N2C[C@@H](c3cccc(O)c3)[C@@H]3[C@H]2C2CCN3CC2)cn1. The van der Waals surface area contributed by atoms with E-state index in [1.165, 1.54) is 12.8 Å². The van der Waals surface area contributed by atoms with Crippen LogP contribution >= 0.6 is 0 Å². The van der Waals surface area contributed by atoms with Crippen molar-refractivity contribution in [1.29, 1.82) is 0 Å². The van der Waals surface area contributed by atoms with E-state index in [9.17, 15) is 9.90 Å². The number of hydrogen-bond donors (Lipinski definition) is 1. The summed E-state index contributed by atoms with van der Waals surface area (Å²) in [6.07, 6.45) is 5.93. The van der Waals surface area contributed by atoms with Crippen molar-refractivity contribution in [3.05, 3.63) is 47.8 Å². The molecule has 1 aromatic carbocycles. The molecule has 0 unspecified atom stereocenters. The molecule has 148 valence electrons. The summed E-state index contributed by atoms with van der Waals surface area (Å²) in [5.41, 5.74) is 1.82. The Morgan fingerprint density at radius 2 is 2.00 bits per heavy atom. The Morgan fingerprint density at radius 3 is 2.68 bits per heavy atom. The molecule has 4 saturated heterocycles. The number of rotatable bonds is 3. The normalized spacial score (nSPS) is 31.4. The summed E-state index contributed by atoms with van der Waals surface area (Å²) < 4.78 is 1.85. The first-order chi connectivity index (χ1) is 13.5. The van der Waals surface area contributed by atoms with Gasteiger partial charge in [0.25, 0.3) is 5.91 Å². The lowest BCUT2D eigenvalue weighted by molar-refractivity contribution is -0.00342. The van der Waals surface area contributed by atoms with Crippen LogP contribution in [0.1, 0.15) is 54.6 Å². The monoisotopic (exact) mass is 380 g/mol. The minimum Gasteiger partial charge on any atom is -0.508 e. The van der Waals surface area contributed by atoms with Crippen molar-refractivity contribution in [3.63, 3.8) is 0 Å². The van der Waals surface area contributed by atoms with Crippen molar-refractivity contribution in [3.8, 4) is 5.75 Å². The van der Waals surface area contributed by atoms with Crippen molar-refractivity contribution in [2.45, 2.75) is 50.7 Å². The Labute approximate surface area is 165 Å². The molecule has 4 aliphatic rings. The fourth-order valence-electron chi connectivity index (χ4n) is 5.60. The molecule has 6 rings (SSSR count). The van der Waals surface area contributed by atoms with Crippen molar-refractivity contribution in [2.75, 3.05) is 19.6 Å². The van der Waals surface area contributed by atoms with Gasteiger partial charge in [0.2, 0.25) is 0 Å². The Kier molecular flexibility index (Phi) is 4.19. The predicted octanol–water partition coefficient (Wildman–Crippen LogP) is 2.87. The van der Waals surface area contributed by atoms with Crippen LogP contribution < -0.4 is 0 Å². The lowest BCUT2D eigenvalue weighted by Gasteiger charge is -2.51.